The Kier molecular flexibility index (Phi) is 22.0. The van der Waals surface area contributed by atoms with Gasteiger partial charge < -0.3 is 48.3 Å². The zero-order valence-corrected chi connectivity index (χ0v) is 18.7. The Bertz CT molecular complexity index is 420. The highest BCUT2D eigenvalue weighted by atomic mass is 31.2. The molecule has 0 aliphatic heterocycles. The van der Waals surface area contributed by atoms with Gasteiger partial charge in [0.2, 0.25) is 11.8 Å². The van der Waals surface area contributed by atoms with E-state index >= 15 is 0 Å². The summed E-state index contributed by atoms with van der Waals surface area (Å²) >= 11 is 0. The van der Waals surface area contributed by atoms with Gasteiger partial charge in [-0.05, 0) is 0 Å². The van der Waals surface area contributed by atoms with Crippen molar-refractivity contribution in [2.24, 2.45) is 0 Å². The number of carbonyl (C=O) groups excluding carboxylic acids is 2. The van der Waals surface area contributed by atoms with Gasteiger partial charge in [0.1, 0.15) is 6.61 Å². The van der Waals surface area contributed by atoms with Gasteiger partial charge in [-0.25, -0.2) is 0 Å². The van der Waals surface area contributed by atoms with E-state index in [4.69, 9.17) is 33.1 Å². The van der Waals surface area contributed by atoms with Gasteiger partial charge in [0.15, 0.2) is 0 Å². The molecular weight excluding hydrogens is 423 g/mol. The molecule has 0 bridgehead atoms. The molecule has 13 heteroatoms. The van der Waals surface area contributed by atoms with Crippen molar-refractivity contribution >= 4 is 20.4 Å². The van der Waals surface area contributed by atoms with Crippen LogP contribution in [0.3, 0.4) is 0 Å². The second kappa shape index (κ2) is 22.7. The van der Waals surface area contributed by atoms with Crippen LogP contribution in [-0.2, 0) is 42.3 Å². The van der Waals surface area contributed by atoms with E-state index in [0.29, 0.717) is 72.6 Å². The summed E-state index contributed by atoms with van der Waals surface area (Å²) < 4.78 is 35.8. The highest BCUT2D eigenvalue weighted by molar-refractivity contribution is 7.40. The summed E-state index contributed by atoms with van der Waals surface area (Å²) in [5.41, 5.74) is 0. The molecule has 0 aromatic rings. The van der Waals surface area contributed by atoms with Gasteiger partial charge in [0.05, 0.1) is 66.1 Å². The van der Waals surface area contributed by atoms with Gasteiger partial charge in [0, 0.05) is 27.1 Å². The Morgan fingerprint density at radius 2 is 1.20 bits per heavy atom. The molecule has 0 aromatic heterocycles. The van der Waals surface area contributed by atoms with Crippen LogP contribution in [0.5, 0.6) is 0 Å². The Hall–Kier alpha value is -0.950. The lowest BCUT2D eigenvalue weighted by Crippen LogP contribution is -2.31. The predicted molar refractivity (Wildman–Crippen MR) is 108 cm³/mol. The van der Waals surface area contributed by atoms with Crippen molar-refractivity contribution in [3.05, 3.63) is 0 Å². The lowest BCUT2D eigenvalue weighted by atomic mass is 10.5. The number of hydrogen-bond donors (Lipinski definition) is 3. The normalized spacial score (nSPS) is 12.0. The molecule has 0 rings (SSSR count). The average molecular weight is 458 g/mol. The lowest BCUT2D eigenvalue weighted by Gasteiger charge is -2.09. The fourth-order valence-corrected chi connectivity index (χ4v) is 2.10. The maximum absolute atomic E-state index is 11.5. The molecule has 0 aromatic carbocycles. The van der Waals surface area contributed by atoms with Crippen LogP contribution >= 0.6 is 8.60 Å². The summed E-state index contributed by atoms with van der Waals surface area (Å²) in [5, 5.41) is 5.28. The van der Waals surface area contributed by atoms with Gasteiger partial charge in [-0.15, -0.1) is 0 Å². The van der Waals surface area contributed by atoms with Crippen LogP contribution in [0.4, 0.5) is 0 Å². The van der Waals surface area contributed by atoms with Crippen molar-refractivity contribution < 1.29 is 47.2 Å². The van der Waals surface area contributed by atoms with Crippen LogP contribution in [0.2, 0.25) is 0 Å². The van der Waals surface area contributed by atoms with Crippen molar-refractivity contribution in [2.75, 3.05) is 92.9 Å². The lowest BCUT2D eigenvalue weighted by molar-refractivity contribution is -0.126. The highest BCUT2D eigenvalue weighted by Crippen LogP contribution is 2.30. The zero-order valence-electron chi connectivity index (χ0n) is 17.8. The summed E-state index contributed by atoms with van der Waals surface area (Å²) in [4.78, 5) is 31.2. The third-order valence-electron chi connectivity index (χ3n) is 3.12. The van der Waals surface area contributed by atoms with Gasteiger partial charge in [-0.3, -0.25) is 9.59 Å². The van der Waals surface area contributed by atoms with Crippen LogP contribution in [0.15, 0.2) is 0 Å². The Morgan fingerprint density at radius 1 is 0.733 bits per heavy atom. The second-order valence-electron chi connectivity index (χ2n) is 5.59. The molecule has 0 saturated carbocycles. The second-order valence-corrected chi connectivity index (χ2v) is 6.69. The molecule has 0 fully saturated rings. The van der Waals surface area contributed by atoms with E-state index in [1.165, 1.54) is 14.0 Å². The maximum Gasteiger partial charge on any atom is 0.329 e. The first-order valence-electron chi connectivity index (χ1n) is 9.62. The standard InChI is InChI=1S/C17H35N2O10P/c1-16(20)18-3-5-24-11-12-28-15-17(21)19-4-6-25-7-8-26-9-10-27-13-14-29-30(22)23-2/h22H,3-15H2,1-2H3,(H,18,20)(H,19,21). The molecule has 1 unspecified atom stereocenters. The van der Waals surface area contributed by atoms with E-state index in [2.05, 4.69) is 15.2 Å². The van der Waals surface area contributed by atoms with Crippen LogP contribution in [-0.4, -0.2) is 110 Å². The Labute approximate surface area is 178 Å². The highest BCUT2D eigenvalue weighted by Gasteiger charge is 2.02. The smallest absolute Gasteiger partial charge is 0.329 e. The topological polar surface area (TPSA) is 143 Å². The van der Waals surface area contributed by atoms with Gasteiger partial charge in [-0.1, -0.05) is 0 Å². The molecule has 0 radical (unpaired) electrons. The van der Waals surface area contributed by atoms with Crippen molar-refractivity contribution in [1.82, 2.24) is 10.6 Å². The quantitative estimate of drug-likeness (QED) is 0.139. The molecule has 0 spiro atoms. The molecule has 30 heavy (non-hydrogen) atoms. The number of amides is 2. The van der Waals surface area contributed by atoms with Crippen molar-refractivity contribution in [3.63, 3.8) is 0 Å². The van der Waals surface area contributed by atoms with E-state index in [0.717, 1.165) is 0 Å². The number of nitrogens with one attached hydrogen (secondary N) is 2. The van der Waals surface area contributed by atoms with E-state index in [1.54, 1.807) is 0 Å². The number of carbonyl (C=O) groups is 2. The molecule has 0 heterocycles. The SMILES string of the molecule is COP(O)OCCOCCOCCOCCNC(=O)COCCOCCNC(C)=O. The van der Waals surface area contributed by atoms with Crippen molar-refractivity contribution in [1.29, 1.82) is 0 Å². The number of hydrogen-bond acceptors (Lipinski definition) is 10. The van der Waals surface area contributed by atoms with Crippen molar-refractivity contribution in [3.8, 4) is 0 Å². The third kappa shape index (κ3) is 23.3. The molecule has 0 aliphatic carbocycles. The Morgan fingerprint density at radius 3 is 1.73 bits per heavy atom. The summed E-state index contributed by atoms with van der Waals surface area (Å²) in [6, 6.07) is 0. The van der Waals surface area contributed by atoms with Gasteiger partial charge >= 0.3 is 8.60 Å². The van der Waals surface area contributed by atoms with Gasteiger partial charge in [0.25, 0.3) is 0 Å². The number of rotatable bonds is 22. The largest absolute Gasteiger partial charge is 0.377 e. The fourth-order valence-electron chi connectivity index (χ4n) is 1.77. The van der Waals surface area contributed by atoms with Crippen LogP contribution in [0, 0.1) is 0 Å². The molecule has 0 aliphatic rings. The fraction of sp³-hybridized carbons (Fsp3) is 0.882. The van der Waals surface area contributed by atoms with E-state index in [-0.39, 0.29) is 25.0 Å². The average Bonchev–Trinajstić information content (AvgIpc) is 2.72. The summed E-state index contributed by atoms with van der Waals surface area (Å²) in [7, 11) is -0.441. The minimum atomic E-state index is -1.81. The molecule has 3 N–H and O–H groups in total. The van der Waals surface area contributed by atoms with E-state index in [1.807, 2.05) is 0 Å². The Balaban J connectivity index is 3.18. The molecule has 0 saturated heterocycles. The van der Waals surface area contributed by atoms with Crippen LogP contribution < -0.4 is 10.6 Å². The minimum Gasteiger partial charge on any atom is -0.377 e. The summed E-state index contributed by atoms with van der Waals surface area (Å²) in [5.74, 6) is -0.328. The van der Waals surface area contributed by atoms with Crippen LogP contribution in [0.1, 0.15) is 6.92 Å². The first kappa shape index (κ1) is 29.1. The maximum atomic E-state index is 11.5. The van der Waals surface area contributed by atoms with Gasteiger partial charge in [-0.2, -0.15) is 0 Å². The predicted octanol–water partition coefficient (Wildman–Crippen LogP) is -0.796. The first-order valence-corrected chi connectivity index (χ1v) is 10.7. The van der Waals surface area contributed by atoms with Crippen molar-refractivity contribution in [2.45, 2.75) is 6.92 Å². The van der Waals surface area contributed by atoms with E-state index < -0.39 is 8.60 Å². The molecule has 12 nitrogen and oxygen atoms in total. The molecule has 178 valence electrons. The summed E-state index contributed by atoms with van der Waals surface area (Å²) in [6.45, 7) is 5.92. The van der Waals surface area contributed by atoms with Crippen LogP contribution in [0.25, 0.3) is 0 Å². The zero-order chi connectivity index (χ0) is 22.3. The summed E-state index contributed by atoms with van der Waals surface area (Å²) in [6.07, 6.45) is 0. The molecule has 1 atom stereocenters. The van der Waals surface area contributed by atoms with E-state index in [9.17, 15) is 9.59 Å². The minimum absolute atomic E-state index is 0.0470. The first-order chi connectivity index (χ1) is 14.6. The third-order valence-corrected chi connectivity index (χ3v) is 3.84. The number of ether oxygens (including phenoxy) is 5. The molecular formula is C17H35N2O10P. The monoisotopic (exact) mass is 458 g/mol. The molecule has 2 amide bonds.